The van der Waals surface area contributed by atoms with E-state index in [1.54, 1.807) is 12.5 Å². The molecule has 6 nitrogen and oxygen atoms in total. The fourth-order valence-electron chi connectivity index (χ4n) is 2.73. The summed E-state index contributed by atoms with van der Waals surface area (Å²) in [4.78, 5) is 16.1. The summed E-state index contributed by atoms with van der Waals surface area (Å²) in [6, 6.07) is 15.6. The van der Waals surface area contributed by atoms with E-state index in [-0.39, 0.29) is 17.9 Å². The molecule has 0 aliphatic rings. The van der Waals surface area contributed by atoms with Gasteiger partial charge < -0.3 is 9.30 Å². The molecule has 3 aromatic rings. The second kappa shape index (κ2) is 8.73. The average molecular weight is 390 g/mol. The van der Waals surface area contributed by atoms with E-state index in [0.29, 0.717) is 11.5 Å². The fourth-order valence-corrected chi connectivity index (χ4v) is 2.73. The van der Waals surface area contributed by atoms with Crippen LogP contribution in [0.25, 0.3) is 5.69 Å². The molecule has 2 aromatic carbocycles. The molecule has 0 saturated carbocycles. The fraction of sp³-hybridized carbons (Fsp3) is 0.261. The monoisotopic (exact) mass is 390 g/mol. The van der Waals surface area contributed by atoms with Crippen LogP contribution in [0, 0.1) is 0 Å². The molecule has 0 aliphatic heterocycles. The van der Waals surface area contributed by atoms with Gasteiger partial charge in [-0.25, -0.2) is 10.4 Å². The summed E-state index contributed by atoms with van der Waals surface area (Å²) in [6.45, 7) is 8.22. The normalized spacial score (nSPS) is 11.9. The van der Waals surface area contributed by atoms with Crippen LogP contribution in [0.4, 0.5) is 0 Å². The molecule has 1 aromatic heterocycles. The zero-order valence-corrected chi connectivity index (χ0v) is 17.2. The lowest BCUT2D eigenvalue weighted by Gasteiger charge is -2.19. The predicted molar refractivity (Wildman–Crippen MR) is 115 cm³/mol. The minimum Gasteiger partial charge on any atom is -0.484 e. The maximum absolute atomic E-state index is 12.0. The van der Waals surface area contributed by atoms with Gasteiger partial charge in [-0.1, -0.05) is 45.0 Å². The van der Waals surface area contributed by atoms with E-state index >= 15 is 0 Å². The van der Waals surface area contributed by atoms with Crippen molar-refractivity contribution >= 4 is 11.6 Å². The van der Waals surface area contributed by atoms with Gasteiger partial charge in [-0.2, -0.15) is 5.10 Å². The summed E-state index contributed by atoms with van der Waals surface area (Å²) in [6.07, 6.45) is 5.36. The summed E-state index contributed by atoms with van der Waals surface area (Å²) < 4.78 is 7.46. The van der Waals surface area contributed by atoms with E-state index in [2.05, 4.69) is 36.3 Å². The van der Waals surface area contributed by atoms with Crippen molar-refractivity contribution < 1.29 is 9.53 Å². The van der Waals surface area contributed by atoms with Gasteiger partial charge in [0.25, 0.3) is 5.91 Å². The van der Waals surface area contributed by atoms with Crippen LogP contribution in [0.1, 0.15) is 38.8 Å². The van der Waals surface area contributed by atoms with Gasteiger partial charge in [-0.15, -0.1) is 0 Å². The quantitative estimate of drug-likeness (QED) is 0.509. The number of imidazole rings is 1. The number of carbonyl (C=O) groups excluding carboxylic acids is 1. The number of hydrogen-bond acceptors (Lipinski definition) is 4. The number of rotatable bonds is 6. The first kappa shape index (κ1) is 20.3. The van der Waals surface area contributed by atoms with Crippen molar-refractivity contribution in [3.63, 3.8) is 0 Å². The van der Waals surface area contributed by atoms with Crippen molar-refractivity contribution in [2.45, 2.75) is 33.1 Å². The largest absolute Gasteiger partial charge is 0.484 e. The highest BCUT2D eigenvalue weighted by Crippen LogP contribution is 2.24. The molecule has 0 radical (unpaired) electrons. The van der Waals surface area contributed by atoms with E-state index in [0.717, 1.165) is 11.3 Å². The predicted octanol–water partition coefficient (Wildman–Crippen LogP) is 4.09. The van der Waals surface area contributed by atoms with Crippen LogP contribution < -0.4 is 10.2 Å². The van der Waals surface area contributed by atoms with Crippen LogP contribution in [0.15, 0.2) is 72.4 Å². The second-order valence-corrected chi connectivity index (χ2v) is 7.81. The van der Waals surface area contributed by atoms with Crippen LogP contribution in [0.5, 0.6) is 5.75 Å². The molecule has 0 spiro atoms. The Morgan fingerprint density at radius 3 is 2.38 bits per heavy atom. The van der Waals surface area contributed by atoms with Gasteiger partial charge in [0.05, 0.1) is 12.0 Å². The summed E-state index contributed by atoms with van der Waals surface area (Å²) in [7, 11) is 0. The highest BCUT2D eigenvalue weighted by atomic mass is 16.5. The summed E-state index contributed by atoms with van der Waals surface area (Å²) in [5.74, 6) is 0.350. The lowest BCUT2D eigenvalue weighted by atomic mass is 9.87. The smallest absolute Gasteiger partial charge is 0.277 e. The number of ether oxygens (including phenoxy) is 1. The van der Waals surface area contributed by atoms with Crippen molar-refractivity contribution in [1.82, 2.24) is 15.0 Å². The molecule has 0 aliphatic carbocycles. The van der Waals surface area contributed by atoms with Gasteiger partial charge in [0.2, 0.25) is 0 Å². The number of amides is 1. The van der Waals surface area contributed by atoms with Gasteiger partial charge >= 0.3 is 0 Å². The Kier molecular flexibility index (Phi) is 6.12. The Bertz CT molecular complexity index is 967. The van der Waals surface area contributed by atoms with Crippen molar-refractivity contribution in [3.8, 4) is 11.4 Å². The number of nitrogens with zero attached hydrogens (tertiary/aromatic N) is 3. The van der Waals surface area contributed by atoms with Crippen LogP contribution >= 0.6 is 0 Å². The van der Waals surface area contributed by atoms with Crippen molar-refractivity contribution in [3.05, 3.63) is 78.4 Å². The van der Waals surface area contributed by atoms with Gasteiger partial charge in [0, 0.05) is 18.1 Å². The zero-order valence-electron chi connectivity index (χ0n) is 17.2. The molecule has 6 heteroatoms. The molecule has 1 amide bonds. The lowest BCUT2D eigenvalue weighted by molar-refractivity contribution is -0.123. The summed E-state index contributed by atoms with van der Waals surface area (Å²) in [5, 5.41) is 4.16. The molecular formula is C23H26N4O2. The molecule has 0 bridgehead atoms. The number of hydrazone groups is 1. The summed E-state index contributed by atoms with van der Waals surface area (Å²) >= 11 is 0. The van der Waals surface area contributed by atoms with E-state index in [9.17, 15) is 4.79 Å². The number of nitrogens with one attached hydrogen (secondary N) is 1. The highest BCUT2D eigenvalue weighted by Gasteiger charge is 2.13. The Morgan fingerprint density at radius 2 is 1.79 bits per heavy atom. The number of carbonyl (C=O) groups is 1. The number of benzene rings is 2. The first-order valence-electron chi connectivity index (χ1n) is 9.48. The molecule has 1 heterocycles. The molecular weight excluding hydrogens is 364 g/mol. The molecule has 0 saturated heterocycles. The topological polar surface area (TPSA) is 68.5 Å². The molecule has 0 fully saturated rings. The van der Waals surface area contributed by atoms with Gasteiger partial charge in [-0.05, 0) is 47.7 Å². The molecule has 1 N–H and O–H groups in total. The van der Waals surface area contributed by atoms with Crippen LogP contribution in [-0.4, -0.2) is 27.8 Å². The number of aromatic nitrogens is 2. The van der Waals surface area contributed by atoms with Crippen LogP contribution in [0.3, 0.4) is 0 Å². The average Bonchev–Trinajstić information content (AvgIpc) is 3.25. The Hall–Kier alpha value is -3.41. The first-order valence-corrected chi connectivity index (χ1v) is 9.48. The first-order chi connectivity index (χ1) is 13.8. The Morgan fingerprint density at radius 1 is 1.10 bits per heavy atom. The lowest BCUT2D eigenvalue weighted by Crippen LogP contribution is -2.25. The molecule has 29 heavy (non-hydrogen) atoms. The van der Waals surface area contributed by atoms with Crippen molar-refractivity contribution in [2.24, 2.45) is 5.10 Å². The second-order valence-electron chi connectivity index (χ2n) is 7.81. The minimum atomic E-state index is -0.306. The van der Waals surface area contributed by atoms with E-state index in [1.807, 2.05) is 66.2 Å². The van der Waals surface area contributed by atoms with E-state index in [1.165, 1.54) is 5.56 Å². The van der Waals surface area contributed by atoms with E-state index < -0.39 is 0 Å². The van der Waals surface area contributed by atoms with Crippen LogP contribution in [-0.2, 0) is 10.2 Å². The molecule has 150 valence electrons. The molecule has 3 rings (SSSR count). The Labute approximate surface area is 171 Å². The van der Waals surface area contributed by atoms with Crippen molar-refractivity contribution in [1.29, 1.82) is 0 Å². The van der Waals surface area contributed by atoms with E-state index in [4.69, 9.17) is 4.74 Å². The van der Waals surface area contributed by atoms with Gasteiger partial charge in [0.1, 0.15) is 5.75 Å². The summed E-state index contributed by atoms with van der Waals surface area (Å²) in [5.41, 5.74) is 6.48. The number of hydrogen-bond donors (Lipinski definition) is 1. The SMILES string of the molecule is CC(=NNC(=O)COc1ccc(C(C)(C)C)cc1)c1ccc(-n2ccnc2)cc1. The third kappa shape index (κ3) is 5.54. The third-order valence-electron chi connectivity index (χ3n) is 4.53. The van der Waals surface area contributed by atoms with Gasteiger partial charge in [0.15, 0.2) is 6.61 Å². The minimum absolute atomic E-state index is 0.0825. The van der Waals surface area contributed by atoms with Crippen molar-refractivity contribution in [2.75, 3.05) is 6.61 Å². The molecule has 0 unspecified atom stereocenters. The third-order valence-corrected chi connectivity index (χ3v) is 4.53. The maximum Gasteiger partial charge on any atom is 0.277 e. The maximum atomic E-state index is 12.0. The zero-order chi connectivity index (χ0) is 20.9. The van der Waals surface area contributed by atoms with Gasteiger partial charge in [-0.3, -0.25) is 4.79 Å². The Balaban J connectivity index is 1.52. The highest BCUT2D eigenvalue weighted by molar-refractivity contribution is 5.99. The van der Waals surface area contributed by atoms with Crippen LogP contribution in [0.2, 0.25) is 0 Å². The standard InChI is InChI=1S/C23H26N4O2/c1-17(18-5-9-20(10-6-18)27-14-13-24-16-27)25-26-22(28)15-29-21-11-7-19(8-12-21)23(2,3)4/h5-14,16H,15H2,1-4H3,(H,26,28). The molecule has 0 atom stereocenters.